The Kier molecular flexibility index (Phi) is 4.53. The summed E-state index contributed by atoms with van der Waals surface area (Å²) in [5, 5.41) is 0. The predicted molar refractivity (Wildman–Crippen MR) is 103 cm³/mol. The normalized spacial score (nSPS) is 14.7. The average Bonchev–Trinajstić information content (AvgIpc) is 2.74. The van der Waals surface area contributed by atoms with Gasteiger partial charge in [-0.1, -0.05) is 0 Å². The Morgan fingerprint density at radius 3 is 1.97 bits per heavy atom. The van der Waals surface area contributed by atoms with Crippen LogP contribution in [-0.2, 0) is 17.6 Å². The number of Topliss-reactive ketones (excluding diaryl/α,β-unsaturated/α-hetero) is 1. The van der Waals surface area contributed by atoms with Gasteiger partial charge in [0.05, 0.1) is 45.1 Å². The van der Waals surface area contributed by atoms with Crippen molar-refractivity contribution < 1.29 is 33.3 Å². The van der Waals surface area contributed by atoms with Crippen LogP contribution in [0.3, 0.4) is 0 Å². The highest BCUT2D eigenvalue weighted by Crippen LogP contribution is 2.47. The van der Waals surface area contributed by atoms with E-state index in [2.05, 4.69) is 0 Å². The van der Waals surface area contributed by atoms with E-state index in [1.807, 2.05) is 0 Å². The highest BCUT2D eigenvalue weighted by molar-refractivity contribution is 6.31. The first-order valence-corrected chi connectivity index (χ1v) is 9.13. The Hall–Kier alpha value is -3.35. The number of carbonyl (C=O) groups is 3. The molecule has 0 atom stereocenters. The third-order valence-corrected chi connectivity index (χ3v) is 5.51. The number of rotatable bonds is 4. The Bertz CT molecular complexity index is 1080. The van der Waals surface area contributed by atoms with Gasteiger partial charge in [-0.3, -0.25) is 14.4 Å². The van der Waals surface area contributed by atoms with E-state index >= 15 is 0 Å². The molecule has 0 N–H and O–H groups in total. The lowest BCUT2D eigenvalue weighted by Gasteiger charge is -2.29. The van der Waals surface area contributed by atoms with Gasteiger partial charge in [-0.05, 0) is 12.5 Å². The molecule has 2 aromatic carbocycles. The Morgan fingerprint density at radius 2 is 1.34 bits per heavy atom. The van der Waals surface area contributed by atoms with Crippen LogP contribution in [0.2, 0.25) is 0 Å². The van der Waals surface area contributed by atoms with Crippen molar-refractivity contribution in [1.29, 1.82) is 0 Å². The lowest BCUT2D eigenvalue weighted by Crippen LogP contribution is -2.27. The molecule has 150 valence electrons. The van der Waals surface area contributed by atoms with Gasteiger partial charge < -0.3 is 18.9 Å². The summed E-state index contributed by atoms with van der Waals surface area (Å²) in [5.41, 5.74) is 1.95. The van der Waals surface area contributed by atoms with Crippen LogP contribution in [0.25, 0.3) is 0 Å². The Labute approximate surface area is 167 Å². The standard InChI is InChI=1S/C22H20O7/c1-26-11-8-14-16(15(9-11)27-2)20(25)18-17(19(14)24)22(29-4)13-7-10(23)5-6-12(13)21(18)28-3/h8-9H,5-7H2,1-4H3. The molecule has 0 saturated heterocycles. The summed E-state index contributed by atoms with van der Waals surface area (Å²) in [6, 6.07) is 3.08. The number of carbonyl (C=O) groups excluding carboxylic acids is 3. The van der Waals surface area contributed by atoms with E-state index in [1.54, 1.807) is 6.07 Å². The van der Waals surface area contributed by atoms with Gasteiger partial charge in [0.1, 0.15) is 28.8 Å². The molecule has 0 spiro atoms. The van der Waals surface area contributed by atoms with Gasteiger partial charge in [0.2, 0.25) is 5.78 Å². The highest BCUT2D eigenvalue weighted by Gasteiger charge is 2.41. The molecule has 2 aromatic rings. The van der Waals surface area contributed by atoms with Crippen molar-refractivity contribution in [2.75, 3.05) is 28.4 Å². The smallest absolute Gasteiger partial charge is 0.202 e. The van der Waals surface area contributed by atoms with E-state index in [-0.39, 0.29) is 51.7 Å². The molecule has 0 saturated carbocycles. The first-order chi connectivity index (χ1) is 14.0. The van der Waals surface area contributed by atoms with Crippen LogP contribution in [0, 0.1) is 0 Å². The average molecular weight is 396 g/mol. The van der Waals surface area contributed by atoms with E-state index in [1.165, 1.54) is 34.5 Å². The second-order valence-electron chi connectivity index (χ2n) is 6.90. The van der Waals surface area contributed by atoms with Gasteiger partial charge in [0.15, 0.2) is 5.78 Å². The lowest BCUT2D eigenvalue weighted by molar-refractivity contribution is -0.118. The Balaban J connectivity index is 2.10. The second kappa shape index (κ2) is 6.92. The number of methoxy groups -OCH3 is 4. The number of benzene rings is 2. The van der Waals surface area contributed by atoms with E-state index in [9.17, 15) is 14.4 Å². The molecule has 0 radical (unpaired) electrons. The summed E-state index contributed by atoms with van der Waals surface area (Å²) in [7, 11) is 5.78. The highest BCUT2D eigenvalue weighted by atomic mass is 16.5. The van der Waals surface area contributed by atoms with Crippen LogP contribution in [0.4, 0.5) is 0 Å². The zero-order chi connectivity index (χ0) is 20.9. The van der Waals surface area contributed by atoms with Crippen LogP contribution in [0.5, 0.6) is 23.0 Å². The summed E-state index contributed by atoms with van der Waals surface area (Å²) < 4.78 is 21.8. The van der Waals surface area contributed by atoms with Gasteiger partial charge in [0, 0.05) is 35.6 Å². The van der Waals surface area contributed by atoms with Crippen LogP contribution in [0.15, 0.2) is 12.1 Å². The number of fused-ring (bicyclic) bond motifs is 3. The van der Waals surface area contributed by atoms with Crippen LogP contribution < -0.4 is 18.9 Å². The van der Waals surface area contributed by atoms with E-state index in [0.29, 0.717) is 29.9 Å². The quantitative estimate of drug-likeness (QED) is 0.670. The van der Waals surface area contributed by atoms with Gasteiger partial charge >= 0.3 is 0 Å². The Morgan fingerprint density at radius 1 is 0.690 bits per heavy atom. The maximum Gasteiger partial charge on any atom is 0.202 e. The molecule has 2 aliphatic rings. The molecule has 29 heavy (non-hydrogen) atoms. The number of ether oxygens (including phenoxy) is 4. The molecule has 7 heteroatoms. The monoisotopic (exact) mass is 396 g/mol. The van der Waals surface area contributed by atoms with Crippen molar-refractivity contribution in [2.24, 2.45) is 0 Å². The number of hydrogen-bond donors (Lipinski definition) is 0. The molecule has 0 aromatic heterocycles. The summed E-state index contributed by atoms with van der Waals surface area (Å²) in [4.78, 5) is 39.2. The lowest BCUT2D eigenvalue weighted by atomic mass is 9.77. The van der Waals surface area contributed by atoms with Crippen molar-refractivity contribution in [2.45, 2.75) is 19.3 Å². The molecular formula is C22H20O7. The number of hydrogen-bond acceptors (Lipinski definition) is 7. The molecule has 2 aliphatic carbocycles. The van der Waals surface area contributed by atoms with Crippen molar-refractivity contribution >= 4 is 17.3 Å². The van der Waals surface area contributed by atoms with Crippen LogP contribution in [0.1, 0.15) is 49.4 Å². The molecule has 0 fully saturated rings. The minimum Gasteiger partial charge on any atom is -0.497 e. The van der Waals surface area contributed by atoms with E-state index < -0.39 is 5.78 Å². The maximum atomic E-state index is 13.6. The molecular weight excluding hydrogens is 376 g/mol. The topological polar surface area (TPSA) is 88.1 Å². The second-order valence-corrected chi connectivity index (χ2v) is 6.90. The fourth-order valence-corrected chi connectivity index (χ4v) is 4.23. The summed E-state index contributed by atoms with van der Waals surface area (Å²) >= 11 is 0. The third-order valence-electron chi connectivity index (χ3n) is 5.51. The summed E-state index contributed by atoms with van der Waals surface area (Å²) in [6.07, 6.45) is 0.914. The number of ketones is 3. The molecule has 0 unspecified atom stereocenters. The van der Waals surface area contributed by atoms with Crippen LogP contribution in [-0.4, -0.2) is 45.8 Å². The van der Waals surface area contributed by atoms with E-state index in [4.69, 9.17) is 18.9 Å². The zero-order valence-electron chi connectivity index (χ0n) is 16.6. The molecule has 0 aliphatic heterocycles. The largest absolute Gasteiger partial charge is 0.497 e. The van der Waals surface area contributed by atoms with Gasteiger partial charge in [-0.25, -0.2) is 0 Å². The summed E-state index contributed by atoms with van der Waals surface area (Å²) in [6.45, 7) is 0. The SMILES string of the molecule is COc1cc(OC)c2c(c1)C(=O)c1c(OC)c3c(c(OC)c1C2=O)CCC(=O)C3. The molecule has 0 heterocycles. The zero-order valence-corrected chi connectivity index (χ0v) is 16.6. The molecule has 4 rings (SSSR count). The first-order valence-electron chi connectivity index (χ1n) is 9.13. The summed E-state index contributed by atoms with van der Waals surface area (Å²) in [5.74, 6) is 0.490. The van der Waals surface area contributed by atoms with E-state index in [0.717, 1.165) is 5.56 Å². The fourth-order valence-electron chi connectivity index (χ4n) is 4.23. The molecule has 0 amide bonds. The molecule has 0 bridgehead atoms. The minimum absolute atomic E-state index is 0.0520. The van der Waals surface area contributed by atoms with Crippen molar-refractivity contribution in [3.05, 3.63) is 45.5 Å². The third kappa shape index (κ3) is 2.61. The fraction of sp³-hybridized carbons (Fsp3) is 0.318. The van der Waals surface area contributed by atoms with Crippen LogP contribution >= 0.6 is 0 Å². The predicted octanol–water partition coefficient (Wildman–Crippen LogP) is 2.55. The van der Waals surface area contributed by atoms with Gasteiger partial charge in [0.25, 0.3) is 0 Å². The first kappa shape index (κ1) is 19.0. The van der Waals surface area contributed by atoms with Crippen molar-refractivity contribution in [3.63, 3.8) is 0 Å². The van der Waals surface area contributed by atoms with Gasteiger partial charge in [-0.15, -0.1) is 0 Å². The maximum absolute atomic E-state index is 13.6. The molecule has 7 nitrogen and oxygen atoms in total. The van der Waals surface area contributed by atoms with Crippen molar-refractivity contribution in [1.82, 2.24) is 0 Å². The van der Waals surface area contributed by atoms with Gasteiger partial charge in [-0.2, -0.15) is 0 Å². The minimum atomic E-state index is -0.400. The van der Waals surface area contributed by atoms with Crippen molar-refractivity contribution in [3.8, 4) is 23.0 Å².